The van der Waals surface area contributed by atoms with Gasteiger partial charge in [0.25, 0.3) is 0 Å². The Bertz CT molecular complexity index is 616. The molecular formula is C15H23ClN2O2S. The summed E-state index contributed by atoms with van der Waals surface area (Å²) in [5.74, 6) is 0.408. The molecule has 0 amide bonds. The highest BCUT2D eigenvalue weighted by atomic mass is 35.5. The van der Waals surface area contributed by atoms with Crippen LogP contribution in [0.15, 0.2) is 17.0 Å². The molecule has 118 valence electrons. The molecule has 2 atom stereocenters. The molecule has 0 bridgehead atoms. The zero-order chi connectivity index (χ0) is 15.6. The standard InChI is InChI=1S/C15H23ClN2O2S/c1-3-11-6-4-5-7-14(11)18-21(19,20)15-9-12(16)8-13(17)10(15)2/h8-9,11,14,18H,3-7,17H2,1-2H3. The second kappa shape index (κ2) is 6.55. The van der Waals surface area contributed by atoms with E-state index in [9.17, 15) is 8.42 Å². The third kappa shape index (κ3) is 3.71. The van der Waals surface area contributed by atoms with Crippen molar-refractivity contribution in [3.05, 3.63) is 22.7 Å². The van der Waals surface area contributed by atoms with Gasteiger partial charge in [0.15, 0.2) is 0 Å². The Morgan fingerprint density at radius 3 is 2.67 bits per heavy atom. The van der Waals surface area contributed by atoms with Gasteiger partial charge < -0.3 is 5.73 Å². The number of nitrogen functional groups attached to an aromatic ring is 1. The molecule has 0 aromatic heterocycles. The smallest absolute Gasteiger partial charge is 0.241 e. The van der Waals surface area contributed by atoms with E-state index in [1.807, 2.05) is 0 Å². The lowest BCUT2D eigenvalue weighted by Gasteiger charge is -2.31. The normalized spacial score (nSPS) is 23.2. The van der Waals surface area contributed by atoms with Crippen LogP contribution in [-0.2, 0) is 10.0 Å². The minimum Gasteiger partial charge on any atom is -0.398 e. The number of hydrogen-bond donors (Lipinski definition) is 2. The first-order valence-corrected chi connectivity index (χ1v) is 9.29. The van der Waals surface area contributed by atoms with E-state index in [0.29, 0.717) is 22.2 Å². The zero-order valence-corrected chi connectivity index (χ0v) is 14.1. The number of rotatable bonds is 4. The van der Waals surface area contributed by atoms with Gasteiger partial charge in [-0.05, 0) is 43.4 Å². The van der Waals surface area contributed by atoms with E-state index in [2.05, 4.69) is 11.6 Å². The van der Waals surface area contributed by atoms with Crippen molar-refractivity contribution in [1.29, 1.82) is 0 Å². The molecule has 21 heavy (non-hydrogen) atoms. The number of anilines is 1. The van der Waals surface area contributed by atoms with Gasteiger partial charge in [0.2, 0.25) is 10.0 Å². The highest BCUT2D eigenvalue weighted by Gasteiger charge is 2.29. The highest BCUT2D eigenvalue weighted by Crippen LogP contribution is 2.30. The van der Waals surface area contributed by atoms with Crippen LogP contribution in [0, 0.1) is 12.8 Å². The predicted molar refractivity (Wildman–Crippen MR) is 87.0 cm³/mol. The fourth-order valence-electron chi connectivity index (χ4n) is 3.07. The first-order chi connectivity index (χ1) is 9.85. The maximum atomic E-state index is 12.7. The summed E-state index contributed by atoms with van der Waals surface area (Å²) in [4.78, 5) is 0.188. The van der Waals surface area contributed by atoms with Gasteiger partial charge in [-0.15, -0.1) is 0 Å². The van der Waals surface area contributed by atoms with E-state index in [4.69, 9.17) is 17.3 Å². The second-order valence-electron chi connectivity index (χ2n) is 5.80. The number of benzene rings is 1. The Morgan fingerprint density at radius 1 is 1.33 bits per heavy atom. The molecular weight excluding hydrogens is 308 g/mol. The zero-order valence-electron chi connectivity index (χ0n) is 12.5. The Balaban J connectivity index is 2.30. The van der Waals surface area contributed by atoms with Crippen molar-refractivity contribution in [2.24, 2.45) is 5.92 Å². The Hall–Kier alpha value is -0.780. The Morgan fingerprint density at radius 2 is 2.00 bits per heavy atom. The summed E-state index contributed by atoms with van der Waals surface area (Å²) in [5, 5.41) is 0.342. The summed E-state index contributed by atoms with van der Waals surface area (Å²) < 4.78 is 28.2. The lowest BCUT2D eigenvalue weighted by Crippen LogP contribution is -2.42. The molecule has 2 unspecified atom stereocenters. The number of sulfonamides is 1. The van der Waals surface area contributed by atoms with Crippen molar-refractivity contribution in [2.45, 2.75) is 56.9 Å². The van der Waals surface area contributed by atoms with E-state index in [-0.39, 0.29) is 10.9 Å². The first-order valence-electron chi connectivity index (χ1n) is 7.43. The summed E-state index contributed by atoms with van der Waals surface area (Å²) >= 11 is 5.95. The number of halogens is 1. The third-order valence-electron chi connectivity index (χ3n) is 4.39. The quantitative estimate of drug-likeness (QED) is 0.830. The highest BCUT2D eigenvalue weighted by molar-refractivity contribution is 7.89. The molecule has 0 radical (unpaired) electrons. The lowest BCUT2D eigenvalue weighted by atomic mass is 9.83. The van der Waals surface area contributed by atoms with Crippen LogP contribution in [0.2, 0.25) is 5.02 Å². The second-order valence-corrected chi connectivity index (χ2v) is 7.92. The molecule has 1 aliphatic carbocycles. The summed E-state index contributed by atoms with van der Waals surface area (Å²) in [6, 6.07) is 3.05. The molecule has 6 heteroatoms. The molecule has 1 aromatic carbocycles. The van der Waals surface area contributed by atoms with E-state index in [0.717, 1.165) is 25.7 Å². The van der Waals surface area contributed by atoms with Gasteiger partial charge in [-0.25, -0.2) is 13.1 Å². The fourth-order valence-corrected chi connectivity index (χ4v) is 5.00. The average Bonchev–Trinajstić information content (AvgIpc) is 2.43. The topological polar surface area (TPSA) is 72.2 Å². The molecule has 1 fully saturated rings. The van der Waals surface area contributed by atoms with E-state index < -0.39 is 10.0 Å². The molecule has 2 rings (SSSR count). The van der Waals surface area contributed by atoms with Gasteiger partial charge >= 0.3 is 0 Å². The fraction of sp³-hybridized carbons (Fsp3) is 0.600. The molecule has 4 nitrogen and oxygen atoms in total. The molecule has 0 heterocycles. The molecule has 0 saturated heterocycles. The Kier molecular flexibility index (Phi) is 5.17. The molecule has 1 aliphatic rings. The van der Waals surface area contributed by atoms with Crippen LogP contribution in [0.1, 0.15) is 44.6 Å². The van der Waals surface area contributed by atoms with Crippen LogP contribution in [-0.4, -0.2) is 14.5 Å². The van der Waals surface area contributed by atoms with Gasteiger partial charge in [-0.1, -0.05) is 37.8 Å². The predicted octanol–water partition coefficient (Wildman–Crippen LogP) is 3.48. The van der Waals surface area contributed by atoms with Crippen LogP contribution < -0.4 is 10.5 Å². The molecule has 3 N–H and O–H groups in total. The van der Waals surface area contributed by atoms with E-state index >= 15 is 0 Å². The first kappa shape index (κ1) is 16.6. The van der Waals surface area contributed by atoms with Gasteiger partial charge in [0, 0.05) is 16.8 Å². The van der Waals surface area contributed by atoms with Crippen LogP contribution in [0.5, 0.6) is 0 Å². The number of nitrogens with one attached hydrogen (secondary N) is 1. The summed E-state index contributed by atoms with van der Waals surface area (Å²) in [6.07, 6.45) is 5.22. The number of hydrogen-bond acceptors (Lipinski definition) is 3. The monoisotopic (exact) mass is 330 g/mol. The minimum absolute atomic E-state index is 0.00774. The summed E-state index contributed by atoms with van der Waals surface area (Å²) in [5.41, 5.74) is 6.78. The van der Waals surface area contributed by atoms with Crippen molar-refractivity contribution < 1.29 is 8.42 Å². The van der Waals surface area contributed by atoms with Crippen molar-refractivity contribution in [3.63, 3.8) is 0 Å². The Labute approximate surface area is 132 Å². The summed E-state index contributed by atoms with van der Waals surface area (Å²) in [6.45, 7) is 3.82. The molecule has 0 aliphatic heterocycles. The largest absolute Gasteiger partial charge is 0.398 e. The van der Waals surface area contributed by atoms with Gasteiger partial charge in [0.05, 0.1) is 4.90 Å². The van der Waals surface area contributed by atoms with Crippen LogP contribution in [0.25, 0.3) is 0 Å². The summed E-state index contributed by atoms with van der Waals surface area (Å²) in [7, 11) is -3.59. The van der Waals surface area contributed by atoms with Gasteiger partial charge in [-0.3, -0.25) is 0 Å². The maximum Gasteiger partial charge on any atom is 0.241 e. The van der Waals surface area contributed by atoms with Crippen molar-refractivity contribution >= 4 is 27.3 Å². The minimum atomic E-state index is -3.59. The van der Waals surface area contributed by atoms with E-state index in [1.54, 1.807) is 13.0 Å². The van der Waals surface area contributed by atoms with Gasteiger partial charge in [0.1, 0.15) is 0 Å². The van der Waals surface area contributed by atoms with Crippen molar-refractivity contribution in [2.75, 3.05) is 5.73 Å². The molecule has 1 saturated carbocycles. The lowest BCUT2D eigenvalue weighted by molar-refractivity contribution is 0.282. The van der Waals surface area contributed by atoms with Crippen LogP contribution >= 0.6 is 11.6 Å². The van der Waals surface area contributed by atoms with Crippen LogP contribution in [0.3, 0.4) is 0 Å². The molecule has 1 aromatic rings. The SMILES string of the molecule is CCC1CCCCC1NS(=O)(=O)c1cc(Cl)cc(N)c1C. The third-order valence-corrected chi connectivity index (χ3v) is 6.23. The molecule has 0 spiro atoms. The van der Waals surface area contributed by atoms with Gasteiger partial charge in [-0.2, -0.15) is 0 Å². The van der Waals surface area contributed by atoms with Crippen molar-refractivity contribution in [3.8, 4) is 0 Å². The van der Waals surface area contributed by atoms with Crippen molar-refractivity contribution in [1.82, 2.24) is 4.72 Å². The van der Waals surface area contributed by atoms with E-state index in [1.165, 1.54) is 12.5 Å². The number of nitrogens with two attached hydrogens (primary N) is 1. The average molecular weight is 331 g/mol. The van der Waals surface area contributed by atoms with Crippen LogP contribution in [0.4, 0.5) is 5.69 Å². The maximum absolute atomic E-state index is 12.7.